The van der Waals surface area contributed by atoms with Gasteiger partial charge >= 0.3 is 0 Å². The highest BCUT2D eigenvalue weighted by molar-refractivity contribution is 5.88. The molecular formula is C14H26ClN3O2. The fourth-order valence-corrected chi connectivity index (χ4v) is 3.06. The molecule has 6 heteroatoms. The van der Waals surface area contributed by atoms with Gasteiger partial charge in [-0.05, 0) is 38.6 Å². The van der Waals surface area contributed by atoms with Crippen LogP contribution in [0.4, 0.5) is 0 Å². The van der Waals surface area contributed by atoms with Crippen LogP contribution >= 0.6 is 12.4 Å². The molecular weight excluding hydrogens is 278 g/mol. The van der Waals surface area contributed by atoms with Crippen LogP contribution in [-0.2, 0) is 9.59 Å². The number of halogens is 1. The van der Waals surface area contributed by atoms with Crippen LogP contribution in [0.5, 0.6) is 0 Å². The number of nitrogens with zero attached hydrogens (tertiary/aromatic N) is 2. The van der Waals surface area contributed by atoms with Crippen LogP contribution < -0.4 is 5.32 Å². The van der Waals surface area contributed by atoms with E-state index in [4.69, 9.17) is 0 Å². The van der Waals surface area contributed by atoms with Gasteiger partial charge in [-0.1, -0.05) is 0 Å². The number of carbonyl (C=O) groups is 2. The maximum absolute atomic E-state index is 12.3. The van der Waals surface area contributed by atoms with Crippen LogP contribution in [0.1, 0.15) is 38.5 Å². The summed E-state index contributed by atoms with van der Waals surface area (Å²) in [5.41, 5.74) is 0. The molecule has 2 rings (SSSR count). The Morgan fingerprint density at radius 3 is 2.60 bits per heavy atom. The second-order valence-electron chi connectivity index (χ2n) is 5.81. The first kappa shape index (κ1) is 17.2. The van der Waals surface area contributed by atoms with Gasteiger partial charge in [0.2, 0.25) is 11.8 Å². The van der Waals surface area contributed by atoms with Gasteiger partial charge in [0.05, 0.1) is 0 Å². The number of nitrogens with one attached hydrogen (secondary N) is 1. The SMILES string of the molecule is CN(C)C(=O)C1CCCN1C(=O)CCC1CCCN1.Cl. The number of hydrogen-bond acceptors (Lipinski definition) is 3. The van der Waals surface area contributed by atoms with Crippen LogP contribution in [0.3, 0.4) is 0 Å². The molecule has 2 heterocycles. The predicted octanol–water partition coefficient (Wildman–Crippen LogP) is 1.02. The average molecular weight is 304 g/mol. The number of rotatable bonds is 4. The van der Waals surface area contributed by atoms with Gasteiger partial charge in [0.15, 0.2) is 0 Å². The number of likely N-dealkylation sites (N-methyl/N-ethyl adjacent to an activating group) is 1. The van der Waals surface area contributed by atoms with Crippen molar-refractivity contribution in [3.63, 3.8) is 0 Å². The molecule has 0 aromatic heterocycles. The molecule has 2 saturated heterocycles. The van der Waals surface area contributed by atoms with Gasteiger partial charge in [-0.3, -0.25) is 9.59 Å². The lowest BCUT2D eigenvalue weighted by molar-refractivity contribution is -0.142. The largest absolute Gasteiger partial charge is 0.347 e. The number of hydrogen-bond donors (Lipinski definition) is 1. The van der Waals surface area contributed by atoms with Crippen molar-refractivity contribution in [3.8, 4) is 0 Å². The zero-order valence-electron chi connectivity index (χ0n) is 12.4. The van der Waals surface area contributed by atoms with Gasteiger partial charge in [-0.15, -0.1) is 12.4 Å². The standard InChI is InChI=1S/C14H25N3O2.ClH/c1-16(2)14(19)12-6-4-10-17(12)13(18)8-7-11-5-3-9-15-11;/h11-12,15H,3-10H2,1-2H3;1H. The van der Waals surface area contributed by atoms with Crippen molar-refractivity contribution in [2.24, 2.45) is 0 Å². The molecule has 2 aliphatic rings. The lowest BCUT2D eigenvalue weighted by Crippen LogP contribution is -2.45. The normalized spacial score (nSPS) is 25.4. The Balaban J connectivity index is 0.00000200. The summed E-state index contributed by atoms with van der Waals surface area (Å²) in [5, 5.41) is 3.41. The van der Waals surface area contributed by atoms with Crippen molar-refractivity contribution in [2.75, 3.05) is 27.2 Å². The topological polar surface area (TPSA) is 52.7 Å². The zero-order chi connectivity index (χ0) is 13.8. The summed E-state index contributed by atoms with van der Waals surface area (Å²) in [6, 6.07) is 0.272. The minimum absolute atomic E-state index is 0. The summed E-state index contributed by atoms with van der Waals surface area (Å²) in [6.45, 7) is 1.81. The Morgan fingerprint density at radius 1 is 1.25 bits per heavy atom. The van der Waals surface area contributed by atoms with Crippen molar-refractivity contribution in [1.82, 2.24) is 15.1 Å². The van der Waals surface area contributed by atoms with E-state index in [1.807, 2.05) is 0 Å². The van der Waals surface area contributed by atoms with Gasteiger partial charge in [0, 0.05) is 33.1 Å². The van der Waals surface area contributed by atoms with E-state index in [9.17, 15) is 9.59 Å². The Bertz CT molecular complexity index is 343. The fourth-order valence-electron chi connectivity index (χ4n) is 3.06. The zero-order valence-corrected chi connectivity index (χ0v) is 13.2. The van der Waals surface area contributed by atoms with Crippen molar-refractivity contribution in [2.45, 2.75) is 50.6 Å². The number of amides is 2. The van der Waals surface area contributed by atoms with Crippen molar-refractivity contribution in [1.29, 1.82) is 0 Å². The molecule has 0 radical (unpaired) electrons. The smallest absolute Gasteiger partial charge is 0.244 e. The summed E-state index contributed by atoms with van der Waals surface area (Å²) >= 11 is 0. The van der Waals surface area contributed by atoms with Gasteiger partial charge in [0.1, 0.15) is 6.04 Å². The third-order valence-electron chi connectivity index (χ3n) is 4.17. The molecule has 1 N–H and O–H groups in total. The molecule has 2 unspecified atom stereocenters. The minimum Gasteiger partial charge on any atom is -0.347 e. The Labute approximate surface area is 127 Å². The summed E-state index contributed by atoms with van der Waals surface area (Å²) in [5.74, 6) is 0.205. The summed E-state index contributed by atoms with van der Waals surface area (Å²) in [4.78, 5) is 27.7. The third kappa shape index (κ3) is 4.09. The number of carbonyl (C=O) groups excluding carboxylic acids is 2. The molecule has 0 aromatic rings. The van der Waals surface area contributed by atoms with Crippen LogP contribution in [0.15, 0.2) is 0 Å². The van der Waals surface area contributed by atoms with E-state index in [0.717, 1.165) is 32.4 Å². The summed E-state index contributed by atoms with van der Waals surface area (Å²) in [6.07, 6.45) is 5.60. The maximum atomic E-state index is 12.3. The predicted molar refractivity (Wildman–Crippen MR) is 80.9 cm³/mol. The van der Waals surface area contributed by atoms with Crippen LogP contribution in [0.25, 0.3) is 0 Å². The lowest BCUT2D eigenvalue weighted by Gasteiger charge is -2.26. The Morgan fingerprint density at radius 2 is 2.00 bits per heavy atom. The van der Waals surface area contributed by atoms with Crippen LogP contribution in [0, 0.1) is 0 Å². The van der Waals surface area contributed by atoms with Crippen molar-refractivity contribution in [3.05, 3.63) is 0 Å². The Kier molecular flexibility index (Phi) is 6.76. The van der Waals surface area contributed by atoms with Gasteiger partial charge in [0.25, 0.3) is 0 Å². The van der Waals surface area contributed by atoms with Crippen molar-refractivity contribution >= 4 is 24.2 Å². The molecule has 0 bridgehead atoms. The van der Waals surface area contributed by atoms with Crippen LogP contribution in [-0.4, -0.2) is 60.9 Å². The van der Waals surface area contributed by atoms with E-state index >= 15 is 0 Å². The highest BCUT2D eigenvalue weighted by Crippen LogP contribution is 2.21. The molecule has 116 valence electrons. The van der Waals surface area contributed by atoms with E-state index in [0.29, 0.717) is 12.5 Å². The molecule has 0 aromatic carbocycles. The molecule has 5 nitrogen and oxygen atoms in total. The molecule has 0 aliphatic carbocycles. The molecule has 20 heavy (non-hydrogen) atoms. The Hall–Kier alpha value is -0.810. The molecule has 0 spiro atoms. The van der Waals surface area contributed by atoms with E-state index in [-0.39, 0.29) is 30.3 Å². The molecule has 2 atom stereocenters. The maximum Gasteiger partial charge on any atom is 0.244 e. The highest BCUT2D eigenvalue weighted by Gasteiger charge is 2.34. The van der Waals surface area contributed by atoms with Gasteiger partial charge in [-0.25, -0.2) is 0 Å². The lowest BCUT2D eigenvalue weighted by atomic mass is 10.1. The first-order valence-corrected chi connectivity index (χ1v) is 7.33. The quantitative estimate of drug-likeness (QED) is 0.844. The molecule has 2 aliphatic heterocycles. The van der Waals surface area contributed by atoms with Gasteiger partial charge in [-0.2, -0.15) is 0 Å². The fraction of sp³-hybridized carbons (Fsp3) is 0.857. The second kappa shape index (κ2) is 7.84. The van der Waals surface area contributed by atoms with E-state index in [1.165, 1.54) is 12.8 Å². The summed E-state index contributed by atoms with van der Waals surface area (Å²) in [7, 11) is 3.51. The van der Waals surface area contributed by atoms with Gasteiger partial charge < -0.3 is 15.1 Å². The van der Waals surface area contributed by atoms with E-state index in [1.54, 1.807) is 23.9 Å². The third-order valence-corrected chi connectivity index (χ3v) is 4.17. The van der Waals surface area contributed by atoms with E-state index < -0.39 is 0 Å². The number of likely N-dealkylation sites (tertiary alicyclic amines) is 1. The minimum atomic E-state index is -0.223. The monoisotopic (exact) mass is 303 g/mol. The summed E-state index contributed by atoms with van der Waals surface area (Å²) < 4.78 is 0. The molecule has 2 amide bonds. The second-order valence-corrected chi connectivity index (χ2v) is 5.81. The first-order valence-electron chi connectivity index (χ1n) is 7.33. The van der Waals surface area contributed by atoms with Crippen LogP contribution in [0.2, 0.25) is 0 Å². The molecule has 0 saturated carbocycles. The van der Waals surface area contributed by atoms with Crippen molar-refractivity contribution < 1.29 is 9.59 Å². The average Bonchev–Trinajstić information content (AvgIpc) is 3.05. The highest BCUT2D eigenvalue weighted by atomic mass is 35.5. The first-order chi connectivity index (χ1) is 9.09. The molecule has 2 fully saturated rings. The van der Waals surface area contributed by atoms with E-state index in [2.05, 4.69) is 5.32 Å².